The molecule has 9 heteroatoms. The van der Waals surface area contributed by atoms with Crippen molar-refractivity contribution in [3.8, 4) is 0 Å². The second-order valence-corrected chi connectivity index (χ2v) is 5.50. The van der Waals surface area contributed by atoms with E-state index in [2.05, 4.69) is 20.6 Å². The highest BCUT2D eigenvalue weighted by Crippen LogP contribution is 2.21. The number of para-hydroxylation sites is 1. The zero-order chi connectivity index (χ0) is 19.6. The van der Waals surface area contributed by atoms with Crippen LogP contribution in [0.1, 0.15) is 16.2 Å². The van der Waals surface area contributed by atoms with E-state index in [0.29, 0.717) is 11.8 Å². The maximum absolute atomic E-state index is 13.7. The van der Waals surface area contributed by atoms with Crippen molar-refractivity contribution in [3.63, 3.8) is 0 Å². The van der Waals surface area contributed by atoms with Crippen LogP contribution in [0, 0.1) is 30.2 Å². The quantitative estimate of drug-likeness (QED) is 0.525. The van der Waals surface area contributed by atoms with Gasteiger partial charge in [0.05, 0.1) is 11.4 Å². The van der Waals surface area contributed by atoms with Crippen LogP contribution in [-0.2, 0) is 0 Å². The van der Waals surface area contributed by atoms with Gasteiger partial charge in [-0.05, 0) is 37.3 Å². The molecular weight excluding hydrogens is 364 g/mol. The lowest BCUT2D eigenvalue weighted by molar-refractivity contribution is 0.102. The Balaban J connectivity index is 1.86. The largest absolute Gasteiger partial charge is 0.322 e. The molecule has 27 heavy (non-hydrogen) atoms. The van der Waals surface area contributed by atoms with Crippen LogP contribution in [-0.4, -0.2) is 15.9 Å². The fraction of sp³-hybridized carbons (Fsp3) is 0.0556. The van der Waals surface area contributed by atoms with E-state index >= 15 is 0 Å². The average molecular weight is 376 g/mol. The molecule has 5 nitrogen and oxygen atoms in total. The lowest BCUT2D eigenvalue weighted by Gasteiger charge is -2.10. The van der Waals surface area contributed by atoms with E-state index in [1.54, 1.807) is 13.0 Å². The van der Waals surface area contributed by atoms with Crippen molar-refractivity contribution < 1.29 is 22.4 Å². The molecule has 0 aliphatic carbocycles. The summed E-state index contributed by atoms with van der Waals surface area (Å²) in [7, 11) is 0. The Morgan fingerprint density at radius 2 is 1.63 bits per heavy atom. The molecule has 2 N–H and O–H groups in total. The topological polar surface area (TPSA) is 66.9 Å². The number of halogens is 4. The number of hydrogen-bond acceptors (Lipinski definition) is 4. The number of hydrogen-bond donors (Lipinski definition) is 2. The highest BCUT2D eigenvalue weighted by Gasteiger charge is 2.17. The molecule has 1 amide bonds. The Hall–Kier alpha value is -3.49. The minimum atomic E-state index is -1.70. The van der Waals surface area contributed by atoms with Gasteiger partial charge in [0.15, 0.2) is 17.5 Å². The number of rotatable bonds is 4. The highest BCUT2D eigenvalue weighted by molar-refractivity contribution is 6.03. The van der Waals surface area contributed by atoms with Crippen molar-refractivity contribution in [2.45, 2.75) is 6.92 Å². The molecule has 0 aliphatic rings. The standard InChI is InChI=1S/C18H12F4N4O/c1-9-8-14(17(27)24-13-7-6-11(20)15(21)16(13)22)26-18(23-9)25-12-5-3-2-4-10(12)19/h2-8H,1H3,(H,24,27)(H,23,25,26). The van der Waals surface area contributed by atoms with Gasteiger partial charge in [0.25, 0.3) is 5.91 Å². The Morgan fingerprint density at radius 3 is 2.37 bits per heavy atom. The molecular formula is C18H12F4N4O. The fourth-order valence-corrected chi connectivity index (χ4v) is 2.23. The summed E-state index contributed by atoms with van der Waals surface area (Å²) in [5.41, 5.74) is -0.245. The number of carbonyl (C=O) groups is 1. The van der Waals surface area contributed by atoms with Crippen LogP contribution in [0.25, 0.3) is 0 Å². The lowest BCUT2D eigenvalue weighted by atomic mass is 10.2. The van der Waals surface area contributed by atoms with Gasteiger partial charge in [0.1, 0.15) is 11.5 Å². The fourth-order valence-electron chi connectivity index (χ4n) is 2.23. The predicted molar refractivity (Wildman–Crippen MR) is 90.7 cm³/mol. The Kier molecular flexibility index (Phi) is 5.02. The van der Waals surface area contributed by atoms with Crippen molar-refractivity contribution in [3.05, 3.63) is 77.1 Å². The first-order valence-electron chi connectivity index (χ1n) is 7.67. The van der Waals surface area contributed by atoms with Crippen molar-refractivity contribution in [2.75, 3.05) is 10.6 Å². The molecule has 3 aromatic rings. The smallest absolute Gasteiger partial charge is 0.274 e. The number of aryl methyl sites for hydroxylation is 1. The van der Waals surface area contributed by atoms with Crippen molar-refractivity contribution in [1.82, 2.24) is 9.97 Å². The highest BCUT2D eigenvalue weighted by atomic mass is 19.2. The van der Waals surface area contributed by atoms with Crippen molar-refractivity contribution >= 4 is 23.2 Å². The van der Waals surface area contributed by atoms with Gasteiger partial charge in [-0.1, -0.05) is 12.1 Å². The van der Waals surface area contributed by atoms with Crippen molar-refractivity contribution in [1.29, 1.82) is 0 Å². The first-order chi connectivity index (χ1) is 12.8. The maximum atomic E-state index is 13.7. The number of aromatic nitrogens is 2. The van der Waals surface area contributed by atoms with Gasteiger partial charge in [-0.3, -0.25) is 4.79 Å². The second-order valence-electron chi connectivity index (χ2n) is 5.50. The van der Waals surface area contributed by atoms with Gasteiger partial charge in [-0.25, -0.2) is 27.5 Å². The summed E-state index contributed by atoms with van der Waals surface area (Å²) >= 11 is 0. The van der Waals surface area contributed by atoms with Crippen LogP contribution in [0.3, 0.4) is 0 Å². The van der Waals surface area contributed by atoms with E-state index in [9.17, 15) is 22.4 Å². The average Bonchev–Trinajstić information content (AvgIpc) is 2.63. The Morgan fingerprint density at radius 1 is 0.889 bits per heavy atom. The monoisotopic (exact) mass is 376 g/mol. The number of amides is 1. The summed E-state index contributed by atoms with van der Waals surface area (Å²) in [6.45, 7) is 1.57. The van der Waals surface area contributed by atoms with E-state index in [-0.39, 0.29) is 17.3 Å². The number of anilines is 3. The Bertz CT molecular complexity index is 1030. The first-order valence-corrected chi connectivity index (χ1v) is 7.67. The van der Waals surface area contributed by atoms with Crippen LogP contribution < -0.4 is 10.6 Å². The third-order valence-electron chi connectivity index (χ3n) is 3.49. The summed E-state index contributed by atoms with van der Waals surface area (Å²) in [6, 6.07) is 8.67. The minimum Gasteiger partial charge on any atom is -0.322 e. The van der Waals surface area contributed by atoms with Crippen LogP contribution >= 0.6 is 0 Å². The molecule has 0 unspecified atom stereocenters. The second kappa shape index (κ2) is 7.40. The lowest BCUT2D eigenvalue weighted by Crippen LogP contribution is -2.17. The molecule has 0 aliphatic heterocycles. The molecule has 2 aromatic carbocycles. The van der Waals surface area contributed by atoms with Gasteiger partial charge >= 0.3 is 0 Å². The van der Waals surface area contributed by atoms with Gasteiger partial charge in [-0.2, -0.15) is 0 Å². The van der Waals surface area contributed by atoms with Gasteiger partial charge in [0, 0.05) is 5.69 Å². The summed E-state index contributed by atoms with van der Waals surface area (Å²) < 4.78 is 53.7. The Labute approximate surface area is 151 Å². The molecule has 0 bridgehead atoms. The minimum absolute atomic E-state index is 0.0593. The van der Waals surface area contributed by atoms with Gasteiger partial charge in [0.2, 0.25) is 5.95 Å². The molecule has 138 valence electrons. The number of nitrogens with one attached hydrogen (secondary N) is 2. The molecule has 1 aromatic heterocycles. The number of benzene rings is 2. The molecule has 0 radical (unpaired) electrons. The zero-order valence-corrected chi connectivity index (χ0v) is 13.9. The first kappa shape index (κ1) is 18.3. The van der Waals surface area contributed by atoms with Crippen LogP contribution in [0.15, 0.2) is 42.5 Å². The van der Waals surface area contributed by atoms with E-state index < -0.39 is 34.9 Å². The van der Waals surface area contributed by atoms with Crippen LogP contribution in [0.5, 0.6) is 0 Å². The summed E-state index contributed by atoms with van der Waals surface area (Å²) in [5, 5.41) is 4.75. The van der Waals surface area contributed by atoms with Gasteiger partial charge < -0.3 is 10.6 Å². The maximum Gasteiger partial charge on any atom is 0.274 e. The molecule has 3 rings (SSSR count). The number of nitrogens with zero attached hydrogens (tertiary/aromatic N) is 2. The third kappa shape index (κ3) is 4.02. The predicted octanol–water partition coefficient (Wildman–Crippen LogP) is 4.34. The zero-order valence-electron chi connectivity index (χ0n) is 13.9. The molecule has 0 saturated carbocycles. The molecule has 0 atom stereocenters. The molecule has 0 fully saturated rings. The molecule has 0 spiro atoms. The van der Waals surface area contributed by atoms with E-state index in [1.165, 1.54) is 24.3 Å². The van der Waals surface area contributed by atoms with E-state index in [4.69, 9.17) is 0 Å². The summed E-state index contributed by atoms with van der Waals surface area (Å²) in [6.07, 6.45) is 0. The molecule has 0 saturated heterocycles. The SMILES string of the molecule is Cc1cc(C(=O)Nc2ccc(F)c(F)c2F)nc(Nc2ccccc2F)n1. The van der Waals surface area contributed by atoms with Crippen LogP contribution in [0.4, 0.5) is 34.9 Å². The van der Waals surface area contributed by atoms with E-state index in [0.717, 1.165) is 6.07 Å². The molecule has 1 heterocycles. The summed E-state index contributed by atoms with van der Waals surface area (Å²) in [5.74, 6) is -6.08. The van der Waals surface area contributed by atoms with E-state index in [1.807, 2.05) is 0 Å². The van der Waals surface area contributed by atoms with Crippen molar-refractivity contribution in [2.24, 2.45) is 0 Å². The summed E-state index contributed by atoms with van der Waals surface area (Å²) in [4.78, 5) is 20.3. The number of carbonyl (C=O) groups excluding carboxylic acids is 1. The normalized spacial score (nSPS) is 10.6. The van der Waals surface area contributed by atoms with Crippen LogP contribution in [0.2, 0.25) is 0 Å². The van der Waals surface area contributed by atoms with Gasteiger partial charge in [-0.15, -0.1) is 0 Å². The third-order valence-corrected chi connectivity index (χ3v) is 3.49.